The number of para-hydroxylation sites is 1. The summed E-state index contributed by atoms with van der Waals surface area (Å²) in [4.78, 5) is 14.4. The van der Waals surface area contributed by atoms with Crippen molar-refractivity contribution in [1.82, 2.24) is 0 Å². The lowest BCUT2D eigenvalue weighted by molar-refractivity contribution is -0.160. The molecule has 4 rings (SSSR count). The van der Waals surface area contributed by atoms with E-state index in [0.29, 0.717) is 23.7 Å². The molecule has 35 heavy (non-hydrogen) atoms. The zero-order valence-electron chi connectivity index (χ0n) is 21.0. The van der Waals surface area contributed by atoms with Gasteiger partial charge < -0.3 is 24.2 Å². The molecule has 3 aromatic carbocycles. The van der Waals surface area contributed by atoms with Crippen molar-refractivity contribution in [2.24, 2.45) is 0 Å². The van der Waals surface area contributed by atoms with E-state index in [-0.39, 0.29) is 0 Å². The number of fused-ring (bicyclic) bond motifs is 1. The monoisotopic (exact) mass is 475 g/mol. The van der Waals surface area contributed by atoms with Crippen LogP contribution in [0.1, 0.15) is 44.4 Å². The molecule has 6 nitrogen and oxygen atoms in total. The normalized spacial score (nSPS) is 14.0. The Morgan fingerprint density at radius 2 is 1.80 bits per heavy atom. The maximum atomic E-state index is 12.5. The van der Waals surface area contributed by atoms with Gasteiger partial charge in [0, 0.05) is 19.7 Å². The highest BCUT2D eigenvalue weighted by Gasteiger charge is 2.31. The Balaban J connectivity index is 1.92. The van der Waals surface area contributed by atoms with Gasteiger partial charge in [0.15, 0.2) is 11.9 Å². The fraction of sp³-hybridized carbons (Fsp3) is 0.345. The molecule has 0 spiro atoms. The number of benzene rings is 3. The summed E-state index contributed by atoms with van der Waals surface area (Å²) >= 11 is 0. The minimum Gasteiger partial charge on any atom is -0.493 e. The van der Waals surface area contributed by atoms with Gasteiger partial charge in [-0.3, -0.25) is 0 Å². The second kappa shape index (κ2) is 10.0. The quantitative estimate of drug-likeness (QED) is 0.422. The molecule has 6 heteroatoms. The van der Waals surface area contributed by atoms with Crippen LogP contribution in [0.4, 0.5) is 5.69 Å². The Bertz CT molecular complexity index is 1200. The van der Waals surface area contributed by atoms with Gasteiger partial charge in [-0.25, -0.2) is 4.79 Å². The van der Waals surface area contributed by atoms with Crippen LogP contribution in [0.25, 0.3) is 11.1 Å². The maximum Gasteiger partial charge on any atom is 0.337 e. The molecule has 0 amide bonds. The molecule has 0 aliphatic carbocycles. The van der Waals surface area contributed by atoms with Crippen LogP contribution >= 0.6 is 0 Å². The molecule has 0 radical (unpaired) electrons. The number of nitrogens with zero attached hydrogens (tertiary/aromatic N) is 1. The lowest BCUT2D eigenvalue weighted by Gasteiger charge is -2.29. The molecule has 0 fully saturated rings. The van der Waals surface area contributed by atoms with Gasteiger partial charge >= 0.3 is 5.97 Å². The van der Waals surface area contributed by atoms with Crippen LogP contribution < -0.4 is 14.4 Å². The number of carboxylic acids is 1. The third-order valence-corrected chi connectivity index (χ3v) is 5.78. The molecule has 0 saturated carbocycles. The highest BCUT2D eigenvalue weighted by molar-refractivity contribution is 5.83. The molecule has 1 unspecified atom stereocenters. The summed E-state index contributed by atoms with van der Waals surface area (Å²) in [7, 11) is 3.82. The van der Waals surface area contributed by atoms with Crippen LogP contribution in [0, 0.1) is 0 Å². The number of aliphatic carboxylic acids is 1. The Hall–Kier alpha value is -3.51. The molecule has 1 aliphatic heterocycles. The molecule has 1 heterocycles. The van der Waals surface area contributed by atoms with E-state index < -0.39 is 17.7 Å². The Morgan fingerprint density at radius 1 is 1.06 bits per heavy atom. The van der Waals surface area contributed by atoms with Crippen molar-refractivity contribution in [3.63, 3.8) is 0 Å². The smallest absolute Gasteiger partial charge is 0.337 e. The third kappa shape index (κ3) is 5.77. The lowest BCUT2D eigenvalue weighted by Crippen LogP contribution is -2.28. The largest absolute Gasteiger partial charge is 0.493 e. The molecular weight excluding hydrogens is 442 g/mol. The lowest BCUT2D eigenvalue weighted by atomic mass is 9.92. The molecule has 0 aromatic heterocycles. The Kier molecular flexibility index (Phi) is 7.03. The second-order valence-electron chi connectivity index (χ2n) is 9.94. The number of rotatable bonds is 7. The van der Waals surface area contributed by atoms with Crippen molar-refractivity contribution in [3.8, 4) is 28.4 Å². The summed E-state index contributed by atoms with van der Waals surface area (Å²) in [6.07, 6.45) is 0.723. The van der Waals surface area contributed by atoms with E-state index in [0.717, 1.165) is 41.0 Å². The first-order chi connectivity index (χ1) is 16.6. The topological polar surface area (TPSA) is 68.2 Å². The van der Waals surface area contributed by atoms with Gasteiger partial charge in [-0.15, -0.1) is 0 Å². The Labute approximate surface area is 207 Å². The highest BCUT2D eigenvalue weighted by atomic mass is 16.5. The summed E-state index contributed by atoms with van der Waals surface area (Å²) in [5, 5.41) is 10.2. The van der Waals surface area contributed by atoms with Crippen LogP contribution in [-0.2, 0) is 16.0 Å². The van der Waals surface area contributed by atoms with Crippen molar-refractivity contribution in [3.05, 3.63) is 71.8 Å². The summed E-state index contributed by atoms with van der Waals surface area (Å²) in [6.45, 7) is 6.29. The molecule has 1 N–H and O–H groups in total. The molecular formula is C29H33NO5. The SMILES string of the molecule is CN(C)c1cc(C(OC(C)(C)C)C(=O)O)c(-c2ccc3c(c2)CCCO3)cc1Oc1ccccc1. The van der Waals surface area contributed by atoms with Crippen molar-refractivity contribution >= 4 is 11.7 Å². The van der Waals surface area contributed by atoms with Crippen LogP contribution in [0.15, 0.2) is 60.7 Å². The summed E-state index contributed by atoms with van der Waals surface area (Å²) in [5.74, 6) is 1.18. The fourth-order valence-corrected chi connectivity index (χ4v) is 4.23. The molecule has 0 saturated heterocycles. The number of anilines is 1. The van der Waals surface area contributed by atoms with E-state index in [1.165, 1.54) is 0 Å². The minimum absolute atomic E-state index is 0.577. The van der Waals surface area contributed by atoms with Crippen LogP contribution in [0.2, 0.25) is 0 Å². The van der Waals surface area contributed by atoms with Crippen molar-refractivity contribution in [2.45, 2.75) is 45.3 Å². The van der Waals surface area contributed by atoms with Gasteiger partial charge in [0.2, 0.25) is 0 Å². The average Bonchev–Trinajstić information content (AvgIpc) is 2.82. The van der Waals surface area contributed by atoms with Gasteiger partial charge in [-0.2, -0.15) is 0 Å². The second-order valence-corrected chi connectivity index (χ2v) is 9.94. The van der Waals surface area contributed by atoms with Crippen molar-refractivity contribution < 1.29 is 24.1 Å². The minimum atomic E-state index is -1.15. The van der Waals surface area contributed by atoms with Gasteiger partial charge in [0.25, 0.3) is 0 Å². The van der Waals surface area contributed by atoms with Crippen molar-refractivity contribution in [2.75, 3.05) is 25.6 Å². The number of carbonyl (C=O) groups is 1. The molecule has 0 bridgehead atoms. The van der Waals surface area contributed by atoms with Gasteiger partial charge in [-0.1, -0.05) is 24.3 Å². The zero-order chi connectivity index (χ0) is 25.2. The van der Waals surface area contributed by atoms with Crippen LogP contribution in [0.5, 0.6) is 17.2 Å². The van der Waals surface area contributed by atoms with E-state index in [1.54, 1.807) is 0 Å². The number of ether oxygens (including phenoxy) is 3. The summed E-state index contributed by atoms with van der Waals surface area (Å²) in [6, 6.07) is 19.4. The first-order valence-electron chi connectivity index (χ1n) is 11.9. The maximum absolute atomic E-state index is 12.5. The zero-order valence-corrected chi connectivity index (χ0v) is 21.0. The van der Waals surface area contributed by atoms with Crippen LogP contribution in [-0.4, -0.2) is 37.4 Å². The first kappa shape index (κ1) is 24.6. The highest BCUT2D eigenvalue weighted by Crippen LogP contribution is 2.43. The summed E-state index contributed by atoms with van der Waals surface area (Å²) < 4.78 is 18.2. The van der Waals surface area contributed by atoms with E-state index in [4.69, 9.17) is 14.2 Å². The standard InChI is InChI=1S/C29H33NO5/c1-29(2,3)35-27(28(31)32)23-17-24(30(4)5)26(34-21-11-7-6-8-12-21)18-22(23)19-13-14-25-20(16-19)10-9-15-33-25/h6-8,11-14,16-18,27H,9-10,15H2,1-5H3,(H,31,32). The predicted molar refractivity (Wildman–Crippen MR) is 138 cm³/mol. The van der Waals surface area contributed by atoms with E-state index in [1.807, 2.05) is 94.4 Å². The number of hydrogen-bond acceptors (Lipinski definition) is 5. The van der Waals surface area contributed by atoms with E-state index in [2.05, 4.69) is 6.07 Å². The van der Waals surface area contributed by atoms with Crippen LogP contribution in [0.3, 0.4) is 0 Å². The van der Waals surface area contributed by atoms with Gasteiger partial charge in [0.1, 0.15) is 11.5 Å². The number of carboxylic acid groups (broad SMARTS) is 1. The fourth-order valence-electron chi connectivity index (χ4n) is 4.23. The van der Waals surface area contributed by atoms with E-state index >= 15 is 0 Å². The van der Waals surface area contributed by atoms with Crippen molar-refractivity contribution in [1.29, 1.82) is 0 Å². The number of hydrogen-bond donors (Lipinski definition) is 1. The predicted octanol–water partition coefficient (Wildman–Crippen LogP) is 6.48. The molecule has 1 atom stereocenters. The molecule has 184 valence electrons. The van der Waals surface area contributed by atoms with Gasteiger partial charge in [-0.05, 0) is 86.7 Å². The number of aryl methyl sites for hydroxylation is 1. The average molecular weight is 476 g/mol. The third-order valence-electron chi connectivity index (χ3n) is 5.78. The molecule has 3 aromatic rings. The first-order valence-corrected chi connectivity index (χ1v) is 11.9. The Morgan fingerprint density at radius 3 is 2.46 bits per heavy atom. The summed E-state index contributed by atoms with van der Waals surface area (Å²) in [5.41, 5.74) is 3.46. The van der Waals surface area contributed by atoms with E-state index in [9.17, 15) is 9.90 Å². The molecule has 1 aliphatic rings. The van der Waals surface area contributed by atoms with Gasteiger partial charge in [0.05, 0.1) is 17.9 Å².